The quantitative estimate of drug-likeness (QED) is 0.161. The molecule has 0 fully saturated rings. The number of hydrogen-bond donors (Lipinski definition) is 2. The van der Waals surface area contributed by atoms with Gasteiger partial charge >= 0.3 is 11.9 Å². The van der Waals surface area contributed by atoms with Crippen LogP contribution in [0.1, 0.15) is 62.1 Å². The van der Waals surface area contributed by atoms with E-state index in [4.69, 9.17) is 23.2 Å². The van der Waals surface area contributed by atoms with Gasteiger partial charge in [0, 0.05) is 21.2 Å². The summed E-state index contributed by atoms with van der Waals surface area (Å²) in [6.45, 7) is 0. The topological polar surface area (TPSA) is 149 Å². The Labute approximate surface area is 283 Å². The van der Waals surface area contributed by atoms with Crippen molar-refractivity contribution in [1.82, 2.24) is 0 Å². The molecule has 0 aliphatic rings. The van der Waals surface area contributed by atoms with Crippen LogP contribution in [-0.4, -0.2) is 45.8 Å². The van der Waals surface area contributed by atoms with Gasteiger partial charge < -0.3 is 10.2 Å². The number of nitrogens with zero attached hydrogens (tertiary/aromatic N) is 2. The summed E-state index contributed by atoms with van der Waals surface area (Å²) in [5.74, 6) is -6.60. The molecule has 0 radical (unpaired) electrons. The highest BCUT2D eigenvalue weighted by Crippen LogP contribution is 2.28. The van der Waals surface area contributed by atoms with Gasteiger partial charge in [0.2, 0.25) is 0 Å². The summed E-state index contributed by atoms with van der Waals surface area (Å²) in [7, 11) is 0. The van der Waals surface area contributed by atoms with Crippen LogP contribution < -0.4 is 9.80 Å². The summed E-state index contributed by atoms with van der Waals surface area (Å²) in [5.41, 5.74) is -1.54. The molecule has 0 saturated heterocycles. The van der Waals surface area contributed by atoms with Crippen molar-refractivity contribution in [3.63, 3.8) is 0 Å². The van der Waals surface area contributed by atoms with E-state index >= 15 is 0 Å². The lowest BCUT2D eigenvalue weighted by molar-refractivity contribution is 0.0682. The van der Waals surface area contributed by atoms with Crippen molar-refractivity contribution < 1.29 is 39.0 Å². The average Bonchev–Trinajstić information content (AvgIpc) is 3.08. The molecule has 0 bridgehead atoms. The number of carbonyl (C=O) groups excluding carboxylic acids is 4. The van der Waals surface area contributed by atoms with Crippen LogP contribution in [0.4, 0.5) is 11.4 Å². The lowest BCUT2D eigenvalue weighted by atomic mass is 10.0. The van der Waals surface area contributed by atoms with E-state index < -0.39 is 35.6 Å². The van der Waals surface area contributed by atoms with E-state index in [9.17, 15) is 39.0 Å². The van der Waals surface area contributed by atoms with Gasteiger partial charge in [-0.3, -0.25) is 19.2 Å². The number of rotatable bonds is 8. The fourth-order valence-electron chi connectivity index (χ4n) is 4.88. The summed E-state index contributed by atoms with van der Waals surface area (Å²) < 4.78 is 0. The molecule has 0 spiro atoms. The predicted molar refractivity (Wildman–Crippen MR) is 178 cm³/mol. The molecule has 10 nitrogen and oxygen atoms in total. The van der Waals surface area contributed by atoms with Gasteiger partial charge in [-0.15, -0.1) is 0 Å². The van der Waals surface area contributed by atoms with Crippen molar-refractivity contribution in [2.24, 2.45) is 0 Å². The molecule has 5 rings (SSSR count). The van der Waals surface area contributed by atoms with Gasteiger partial charge in [0.05, 0.1) is 33.6 Å². The molecule has 48 heavy (non-hydrogen) atoms. The van der Waals surface area contributed by atoms with Crippen molar-refractivity contribution in [3.8, 4) is 0 Å². The first-order valence-electron chi connectivity index (χ1n) is 14.0. The standard InChI is InChI=1S/C36H22Cl2N2O8/c37-23-10-6-12-25(19-23)39(33(43)27-14-1-3-16-29(27)35(45)46)31(41)21-8-5-9-22(18-21)32(42)40(26-13-7-11-24(38)20-26)34(44)28-15-2-4-17-30(28)36(47)48/h1-20H,(H,45,46)(H,47,48). The SMILES string of the molecule is O=C(O)c1ccccc1C(=O)N(C(=O)c1cccc(C(=O)N(C(=O)c2ccccc2C(=O)O)c2cccc(Cl)c2)c1)c1cccc(Cl)c1. The minimum Gasteiger partial charge on any atom is -0.478 e. The molecule has 0 atom stereocenters. The highest BCUT2D eigenvalue weighted by atomic mass is 35.5. The van der Waals surface area contributed by atoms with Gasteiger partial charge in [0.1, 0.15) is 0 Å². The fourth-order valence-corrected chi connectivity index (χ4v) is 5.25. The molecule has 5 aromatic rings. The van der Waals surface area contributed by atoms with Gasteiger partial charge in [-0.05, 0) is 78.9 Å². The molecule has 0 heterocycles. The number of aromatic carboxylic acids is 2. The lowest BCUT2D eigenvalue weighted by Crippen LogP contribution is -2.39. The van der Waals surface area contributed by atoms with Crippen molar-refractivity contribution in [1.29, 1.82) is 0 Å². The van der Waals surface area contributed by atoms with E-state index in [0.29, 0.717) is 0 Å². The Balaban J connectivity index is 1.61. The first-order chi connectivity index (χ1) is 23.0. The fraction of sp³-hybridized carbons (Fsp3) is 0. The number of carboxylic acids is 2. The largest absolute Gasteiger partial charge is 0.478 e. The molecule has 2 N–H and O–H groups in total. The van der Waals surface area contributed by atoms with Gasteiger partial charge in [0.25, 0.3) is 23.6 Å². The van der Waals surface area contributed by atoms with Crippen LogP contribution in [0.15, 0.2) is 121 Å². The highest BCUT2D eigenvalue weighted by Gasteiger charge is 2.32. The van der Waals surface area contributed by atoms with Gasteiger partial charge in [0.15, 0.2) is 0 Å². The van der Waals surface area contributed by atoms with Crippen LogP contribution in [0.25, 0.3) is 0 Å². The van der Waals surface area contributed by atoms with E-state index in [2.05, 4.69) is 0 Å². The maximum atomic E-state index is 14.1. The minimum absolute atomic E-state index is 0.0235. The zero-order chi connectivity index (χ0) is 34.5. The zero-order valence-electron chi connectivity index (χ0n) is 24.5. The Morgan fingerprint density at radius 1 is 0.417 bits per heavy atom. The van der Waals surface area contributed by atoms with E-state index in [1.54, 1.807) is 0 Å². The molecule has 0 aromatic heterocycles. The summed E-state index contributed by atoms with van der Waals surface area (Å²) >= 11 is 12.4. The molecular weight excluding hydrogens is 659 g/mol. The molecule has 0 aliphatic carbocycles. The van der Waals surface area contributed by atoms with Crippen molar-refractivity contribution in [3.05, 3.63) is 165 Å². The van der Waals surface area contributed by atoms with Crippen molar-refractivity contribution in [2.45, 2.75) is 0 Å². The number of amides is 4. The average molecular weight is 681 g/mol. The van der Waals surface area contributed by atoms with E-state index in [-0.39, 0.29) is 54.8 Å². The summed E-state index contributed by atoms with van der Waals surface area (Å²) in [5, 5.41) is 19.8. The number of carbonyl (C=O) groups is 6. The number of halogens is 2. The van der Waals surface area contributed by atoms with E-state index in [1.165, 1.54) is 115 Å². The molecule has 0 unspecified atom stereocenters. The monoisotopic (exact) mass is 680 g/mol. The van der Waals surface area contributed by atoms with Gasteiger partial charge in [-0.25, -0.2) is 19.4 Å². The smallest absolute Gasteiger partial charge is 0.336 e. The third kappa shape index (κ3) is 6.85. The molecule has 5 aromatic carbocycles. The van der Waals surface area contributed by atoms with Crippen LogP contribution in [-0.2, 0) is 0 Å². The summed E-state index contributed by atoms with van der Waals surface area (Å²) in [4.78, 5) is 81.4. The van der Waals surface area contributed by atoms with E-state index in [0.717, 1.165) is 15.9 Å². The van der Waals surface area contributed by atoms with E-state index in [1.807, 2.05) is 0 Å². The van der Waals surface area contributed by atoms with Crippen LogP contribution >= 0.6 is 23.2 Å². The maximum Gasteiger partial charge on any atom is 0.336 e. The maximum absolute atomic E-state index is 14.1. The normalized spacial score (nSPS) is 10.5. The van der Waals surface area contributed by atoms with Crippen molar-refractivity contribution in [2.75, 3.05) is 9.80 Å². The molecule has 12 heteroatoms. The Bertz CT molecular complexity index is 1980. The molecule has 4 amide bonds. The van der Waals surface area contributed by atoms with Crippen LogP contribution in [0.2, 0.25) is 10.0 Å². The third-order valence-electron chi connectivity index (χ3n) is 7.08. The second kappa shape index (κ2) is 14.1. The number of imide groups is 2. The highest BCUT2D eigenvalue weighted by molar-refractivity contribution is 6.33. The Hall–Kier alpha value is -6.10. The first kappa shape index (κ1) is 33.3. The van der Waals surface area contributed by atoms with Gasteiger partial charge in [-0.1, -0.05) is 65.7 Å². The van der Waals surface area contributed by atoms with Crippen molar-refractivity contribution >= 4 is 70.1 Å². The molecular formula is C36H22Cl2N2O8. The number of hydrogen-bond acceptors (Lipinski definition) is 6. The predicted octanol–water partition coefficient (Wildman–Crippen LogP) is 7.36. The summed E-state index contributed by atoms with van der Waals surface area (Å²) in [6.07, 6.45) is 0. The van der Waals surface area contributed by atoms with Gasteiger partial charge in [-0.2, -0.15) is 0 Å². The van der Waals surface area contributed by atoms with Crippen LogP contribution in [0.3, 0.4) is 0 Å². The Morgan fingerprint density at radius 2 is 0.771 bits per heavy atom. The first-order valence-corrected chi connectivity index (χ1v) is 14.8. The number of benzene rings is 5. The molecule has 0 saturated carbocycles. The Kier molecular flexibility index (Phi) is 9.79. The van der Waals surface area contributed by atoms with Crippen LogP contribution in [0.5, 0.6) is 0 Å². The lowest BCUT2D eigenvalue weighted by Gasteiger charge is -2.24. The minimum atomic E-state index is -1.39. The Morgan fingerprint density at radius 3 is 1.12 bits per heavy atom. The zero-order valence-corrected chi connectivity index (χ0v) is 26.1. The third-order valence-corrected chi connectivity index (χ3v) is 7.55. The second-order valence-electron chi connectivity index (χ2n) is 10.1. The number of carboxylic acid groups (broad SMARTS) is 2. The number of anilines is 2. The second-order valence-corrected chi connectivity index (χ2v) is 11.0. The summed E-state index contributed by atoms with van der Waals surface area (Å²) in [6, 6.07) is 27.5. The molecule has 0 aliphatic heterocycles. The molecule has 238 valence electrons. The van der Waals surface area contributed by atoms with Crippen LogP contribution in [0, 0.1) is 0 Å².